The van der Waals surface area contributed by atoms with Gasteiger partial charge in [0, 0.05) is 31.4 Å². The zero-order valence-corrected chi connectivity index (χ0v) is 11.8. The van der Waals surface area contributed by atoms with Gasteiger partial charge in [-0.1, -0.05) is 0 Å². The van der Waals surface area contributed by atoms with Crippen LogP contribution < -0.4 is 5.73 Å². The quantitative estimate of drug-likeness (QED) is 0.825. The van der Waals surface area contributed by atoms with Crippen LogP contribution in [0.25, 0.3) is 0 Å². The third-order valence-corrected chi connectivity index (χ3v) is 2.74. The Labute approximate surface area is 114 Å². The molecule has 18 heavy (non-hydrogen) atoms. The summed E-state index contributed by atoms with van der Waals surface area (Å²) in [5.74, 6) is -0.132. The van der Waals surface area contributed by atoms with Crippen LogP contribution in [-0.4, -0.2) is 54.3 Å². The summed E-state index contributed by atoms with van der Waals surface area (Å²) in [6, 6.07) is 1.60. The SMILES string of the molecule is COCC(O)CN(C)C(=O)c1cc(Br)cnc1N. The molecule has 6 nitrogen and oxygen atoms in total. The summed E-state index contributed by atoms with van der Waals surface area (Å²) in [5, 5.41) is 9.56. The van der Waals surface area contributed by atoms with Crippen LogP contribution >= 0.6 is 15.9 Å². The summed E-state index contributed by atoms with van der Waals surface area (Å²) < 4.78 is 5.47. The van der Waals surface area contributed by atoms with Crippen LogP contribution in [0.15, 0.2) is 16.7 Å². The minimum atomic E-state index is -0.731. The Balaban J connectivity index is 2.77. The summed E-state index contributed by atoms with van der Waals surface area (Å²) in [4.78, 5) is 17.4. The van der Waals surface area contributed by atoms with Gasteiger partial charge in [0.25, 0.3) is 5.91 Å². The number of methoxy groups -OCH3 is 1. The topological polar surface area (TPSA) is 88.7 Å². The van der Waals surface area contributed by atoms with E-state index in [1.807, 2.05) is 0 Å². The first kappa shape index (κ1) is 14.9. The van der Waals surface area contributed by atoms with Gasteiger partial charge in [-0.05, 0) is 22.0 Å². The van der Waals surface area contributed by atoms with E-state index in [4.69, 9.17) is 10.5 Å². The lowest BCUT2D eigenvalue weighted by molar-refractivity contribution is 0.0380. The highest BCUT2D eigenvalue weighted by atomic mass is 79.9. The normalized spacial score (nSPS) is 12.2. The van der Waals surface area contributed by atoms with Gasteiger partial charge in [0.05, 0.1) is 18.3 Å². The van der Waals surface area contributed by atoms with Crippen molar-refractivity contribution in [1.29, 1.82) is 0 Å². The molecular weight excluding hydrogens is 302 g/mol. The van der Waals surface area contributed by atoms with Crippen molar-refractivity contribution in [2.75, 3.05) is 33.0 Å². The number of pyridine rings is 1. The molecule has 1 unspecified atom stereocenters. The van der Waals surface area contributed by atoms with Crippen LogP contribution in [0.2, 0.25) is 0 Å². The van der Waals surface area contributed by atoms with Gasteiger partial charge in [-0.25, -0.2) is 4.98 Å². The minimum absolute atomic E-state index is 0.163. The lowest BCUT2D eigenvalue weighted by Crippen LogP contribution is -2.36. The molecule has 1 amide bonds. The molecule has 0 bridgehead atoms. The Morgan fingerprint density at radius 3 is 3.00 bits per heavy atom. The number of hydrogen-bond donors (Lipinski definition) is 2. The van der Waals surface area contributed by atoms with Crippen molar-refractivity contribution < 1.29 is 14.6 Å². The van der Waals surface area contributed by atoms with Crippen LogP contribution in [0.4, 0.5) is 5.82 Å². The van der Waals surface area contributed by atoms with Crippen molar-refractivity contribution in [2.24, 2.45) is 0 Å². The third kappa shape index (κ3) is 3.94. The summed E-state index contributed by atoms with van der Waals surface area (Å²) in [5.41, 5.74) is 5.95. The standard InChI is InChI=1S/C11H16BrN3O3/c1-15(5-8(16)6-18-2)11(17)9-3-7(12)4-14-10(9)13/h3-4,8,16H,5-6H2,1-2H3,(H2,13,14). The second kappa shape index (κ2) is 6.67. The van der Waals surface area contributed by atoms with Crippen LogP contribution in [-0.2, 0) is 4.74 Å². The van der Waals surface area contributed by atoms with Crippen LogP contribution in [0.5, 0.6) is 0 Å². The number of nitrogens with two attached hydrogens (primary N) is 1. The number of rotatable bonds is 5. The van der Waals surface area contributed by atoms with Crippen molar-refractivity contribution in [3.05, 3.63) is 22.3 Å². The number of nitrogen functional groups attached to an aromatic ring is 1. The molecule has 0 radical (unpaired) electrons. The van der Waals surface area contributed by atoms with Crippen LogP contribution in [0, 0.1) is 0 Å². The second-order valence-electron chi connectivity index (χ2n) is 3.88. The van der Waals surface area contributed by atoms with Crippen LogP contribution in [0.1, 0.15) is 10.4 Å². The molecule has 0 spiro atoms. The molecule has 0 fully saturated rings. The molecule has 0 saturated heterocycles. The number of amides is 1. The number of aliphatic hydroxyl groups is 1. The van der Waals surface area contributed by atoms with Gasteiger partial charge in [-0.15, -0.1) is 0 Å². The molecule has 3 N–H and O–H groups in total. The fourth-order valence-electron chi connectivity index (χ4n) is 1.47. The van der Waals surface area contributed by atoms with Gasteiger partial charge in [-0.2, -0.15) is 0 Å². The zero-order chi connectivity index (χ0) is 13.7. The summed E-state index contributed by atoms with van der Waals surface area (Å²) in [6.07, 6.45) is 0.789. The molecule has 0 aromatic carbocycles. The van der Waals surface area contributed by atoms with Gasteiger partial charge in [0.2, 0.25) is 0 Å². The van der Waals surface area contributed by atoms with E-state index in [-0.39, 0.29) is 24.9 Å². The number of halogens is 1. The average Bonchev–Trinajstić information content (AvgIpc) is 2.31. The lowest BCUT2D eigenvalue weighted by Gasteiger charge is -2.21. The predicted molar refractivity (Wildman–Crippen MR) is 71.2 cm³/mol. The van der Waals surface area contributed by atoms with E-state index in [0.717, 1.165) is 0 Å². The van der Waals surface area contributed by atoms with Crippen molar-refractivity contribution in [1.82, 2.24) is 9.88 Å². The molecule has 0 aliphatic carbocycles. The lowest BCUT2D eigenvalue weighted by atomic mass is 10.2. The number of anilines is 1. The van der Waals surface area contributed by atoms with Gasteiger partial charge in [0.15, 0.2) is 0 Å². The Morgan fingerprint density at radius 2 is 2.39 bits per heavy atom. The molecule has 1 aromatic rings. The first-order valence-electron chi connectivity index (χ1n) is 5.29. The molecule has 1 rings (SSSR count). The number of nitrogens with zero attached hydrogens (tertiary/aromatic N) is 2. The van der Waals surface area contributed by atoms with Crippen molar-refractivity contribution in [3.63, 3.8) is 0 Å². The Hall–Kier alpha value is -1.18. The molecule has 7 heteroatoms. The molecule has 1 heterocycles. The smallest absolute Gasteiger partial charge is 0.257 e. The number of aromatic nitrogens is 1. The van der Waals surface area contributed by atoms with E-state index >= 15 is 0 Å². The third-order valence-electron chi connectivity index (χ3n) is 2.31. The number of hydrogen-bond acceptors (Lipinski definition) is 5. The Kier molecular flexibility index (Phi) is 5.52. The number of ether oxygens (including phenoxy) is 1. The molecule has 100 valence electrons. The van der Waals surface area contributed by atoms with Gasteiger partial charge in [0.1, 0.15) is 5.82 Å². The van der Waals surface area contributed by atoms with E-state index in [1.165, 1.54) is 18.2 Å². The van der Waals surface area contributed by atoms with E-state index in [9.17, 15) is 9.90 Å². The maximum atomic E-state index is 12.1. The molecule has 1 aromatic heterocycles. The summed E-state index contributed by atoms with van der Waals surface area (Å²) in [7, 11) is 3.07. The van der Waals surface area contributed by atoms with Crippen LogP contribution in [0.3, 0.4) is 0 Å². The number of aliphatic hydroxyl groups excluding tert-OH is 1. The molecule has 0 saturated carbocycles. The Morgan fingerprint density at radius 1 is 1.72 bits per heavy atom. The summed E-state index contributed by atoms with van der Waals surface area (Å²) >= 11 is 3.23. The van der Waals surface area contributed by atoms with E-state index in [2.05, 4.69) is 20.9 Å². The Bertz CT molecular complexity index is 428. The molecule has 0 aliphatic heterocycles. The minimum Gasteiger partial charge on any atom is -0.389 e. The zero-order valence-electron chi connectivity index (χ0n) is 10.3. The van der Waals surface area contributed by atoms with Crippen molar-refractivity contribution in [3.8, 4) is 0 Å². The van der Waals surface area contributed by atoms with Gasteiger partial charge >= 0.3 is 0 Å². The molecular formula is C11H16BrN3O3. The molecule has 0 aliphatic rings. The highest BCUT2D eigenvalue weighted by molar-refractivity contribution is 9.10. The van der Waals surface area contributed by atoms with Gasteiger partial charge in [-0.3, -0.25) is 4.79 Å². The maximum Gasteiger partial charge on any atom is 0.257 e. The fourth-order valence-corrected chi connectivity index (χ4v) is 1.80. The first-order valence-corrected chi connectivity index (χ1v) is 6.08. The van der Waals surface area contributed by atoms with E-state index in [1.54, 1.807) is 13.1 Å². The predicted octanol–water partition coefficient (Wildman–Crippen LogP) is 0.506. The first-order chi connectivity index (χ1) is 8.45. The highest BCUT2D eigenvalue weighted by Gasteiger charge is 2.18. The maximum absolute atomic E-state index is 12.1. The number of likely N-dealkylation sites (N-methyl/N-ethyl adjacent to an activating group) is 1. The molecule has 1 atom stereocenters. The van der Waals surface area contributed by atoms with Gasteiger partial charge < -0.3 is 20.5 Å². The average molecular weight is 318 g/mol. The van der Waals surface area contributed by atoms with E-state index in [0.29, 0.717) is 10.0 Å². The number of carbonyl (C=O) groups excluding carboxylic acids is 1. The van der Waals surface area contributed by atoms with E-state index < -0.39 is 6.10 Å². The fraction of sp³-hybridized carbons (Fsp3) is 0.455. The highest BCUT2D eigenvalue weighted by Crippen LogP contribution is 2.17. The van der Waals surface area contributed by atoms with Crippen molar-refractivity contribution >= 4 is 27.7 Å². The summed E-state index contributed by atoms with van der Waals surface area (Å²) in [6.45, 7) is 0.336. The largest absolute Gasteiger partial charge is 0.389 e. The second-order valence-corrected chi connectivity index (χ2v) is 4.80. The van der Waals surface area contributed by atoms with Crippen molar-refractivity contribution in [2.45, 2.75) is 6.10 Å². The monoisotopic (exact) mass is 317 g/mol. The number of carbonyl (C=O) groups is 1.